The molecule has 0 radical (unpaired) electrons. The lowest BCUT2D eigenvalue weighted by molar-refractivity contribution is 0.0696. The molecule has 0 aromatic heterocycles. The predicted molar refractivity (Wildman–Crippen MR) is 84.4 cm³/mol. The summed E-state index contributed by atoms with van der Waals surface area (Å²) in [6, 6.07) is 5.46. The van der Waals surface area contributed by atoms with E-state index in [1.165, 1.54) is 19.3 Å². The molecular weight excluding hydrogens is 286 g/mol. The first-order chi connectivity index (χ1) is 10.1. The van der Waals surface area contributed by atoms with E-state index in [1.807, 2.05) is 11.9 Å². The van der Waals surface area contributed by atoms with Crippen molar-refractivity contribution in [2.75, 3.05) is 13.7 Å². The lowest BCUT2D eigenvalue weighted by Gasteiger charge is -2.31. The van der Waals surface area contributed by atoms with E-state index in [9.17, 15) is 4.79 Å². The maximum absolute atomic E-state index is 12.5. The van der Waals surface area contributed by atoms with Gasteiger partial charge in [0.2, 0.25) is 0 Å². The quantitative estimate of drug-likeness (QED) is 0.853. The maximum atomic E-state index is 12.5. The molecule has 21 heavy (non-hydrogen) atoms. The van der Waals surface area contributed by atoms with Gasteiger partial charge in [-0.2, -0.15) is 0 Å². The van der Waals surface area contributed by atoms with Crippen LogP contribution in [0.15, 0.2) is 18.2 Å². The fourth-order valence-electron chi connectivity index (χ4n) is 2.72. The van der Waals surface area contributed by atoms with Crippen molar-refractivity contribution in [1.82, 2.24) is 4.90 Å². The molecule has 112 valence electrons. The Bertz CT molecular complexity index is 568. The molecule has 1 saturated carbocycles. The van der Waals surface area contributed by atoms with E-state index in [4.69, 9.17) is 16.7 Å². The van der Waals surface area contributed by atoms with Gasteiger partial charge in [-0.05, 0) is 31.0 Å². The highest BCUT2D eigenvalue weighted by Gasteiger charge is 2.23. The third-order valence-electron chi connectivity index (χ3n) is 3.96. The van der Waals surface area contributed by atoms with E-state index in [2.05, 4.69) is 11.8 Å². The number of aliphatic hydroxyl groups is 1. The topological polar surface area (TPSA) is 40.5 Å². The van der Waals surface area contributed by atoms with Crippen LogP contribution in [0.2, 0.25) is 5.02 Å². The van der Waals surface area contributed by atoms with Crippen molar-refractivity contribution in [3.63, 3.8) is 0 Å². The second-order valence-corrected chi connectivity index (χ2v) is 5.77. The second-order valence-electron chi connectivity index (χ2n) is 5.36. The van der Waals surface area contributed by atoms with Gasteiger partial charge in [0, 0.05) is 24.2 Å². The average Bonchev–Trinajstić information content (AvgIpc) is 2.53. The fourth-order valence-corrected chi connectivity index (χ4v) is 2.95. The molecule has 1 aliphatic rings. The highest BCUT2D eigenvalue weighted by molar-refractivity contribution is 6.32. The summed E-state index contributed by atoms with van der Waals surface area (Å²) in [7, 11) is 1.87. The van der Waals surface area contributed by atoms with Gasteiger partial charge in [-0.1, -0.05) is 42.7 Å². The molecule has 0 spiro atoms. The molecule has 1 aliphatic carbocycles. The minimum absolute atomic E-state index is 0.00506. The van der Waals surface area contributed by atoms with Gasteiger partial charge in [-0.15, -0.1) is 0 Å². The second kappa shape index (κ2) is 7.49. The standard InChI is InChI=1S/C17H20ClNO2/c1-19(15-7-3-2-4-8-15)17(21)14-10-9-13(6-5-11-20)16(18)12-14/h9-10,12,15,20H,2-4,7-8,11H2,1H3. The number of rotatable bonds is 2. The van der Waals surface area contributed by atoms with Crippen LogP contribution in [0.25, 0.3) is 0 Å². The highest BCUT2D eigenvalue weighted by Crippen LogP contribution is 2.24. The summed E-state index contributed by atoms with van der Waals surface area (Å²) in [5, 5.41) is 9.14. The summed E-state index contributed by atoms with van der Waals surface area (Å²) in [5.74, 6) is 5.32. The largest absolute Gasteiger partial charge is 0.384 e. The van der Waals surface area contributed by atoms with Gasteiger partial charge in [-0.25, -0.2) is 0 Å². The van der Waals surface area contributed by atoms with Gasteiger partial charge in [-0.3, -0.25) is 4.79 Å². The van der Waals surface area contributed by atoms with E-state index >= 15 is 0 Å². The third kappa shape index (κ3) is 4.00. The first kappa shape index (κ1) is 15.9. The van der Waals surface area contributed by atoms with Gasteiger partial charge in [0.15, 0.2) is 0 Å². The van der Waals surface area contributed by atoms with Crippen LogP contribution >= 0.6 is 11.6 Å². The van der Waals surface area contributed by atoms with E-state index < -0.39 is 0 Å². The summed E-state index contributed by atoms with van der Waals surface area (Å²) >= 11 is 6.14. The molecule has 4 heteroatoms. The van der Waals surface area contributed by atoms with Gasteiger partial charge in [0.05, 0.1) is 5.02 Å². The molecule has 1 fully saturated rings. The highest BCUT2D eigenvalue weighted by atomic mass is 35.5. The minimum atomic E-state index is -0.207. The first-order valence-corrected chi connectivity index (χ1v) is 7.67. The Morgan fingerprint density at radius 1 is 1.38 bits per heavy atom. The lowest BCUT2D eigenvalue weighted by Crippen LogP contribution is -2.38. The fraction of sp³-hybridized carbons (Fsp3) is 0.471. The Balaban J connectivity index is 2.13. The van der Waals surface area contributed by atoms with Crippen LogP contribution in [-0.4, -0.2) is 35.6 Å². The first-order valence-electron chi connectivity index (χ1n) is 7.30. The Morgan fingerprint density at radius 3 is 2.71 bits per heavy atom. The van der Waals surface area contributed by atoms with Crippen LogP contribution in [-0.2, 0) is 0 Å². The van der Waals surface area contributed by atoms with E-state index in [0.717, 1.165) is 12.8 Å². The van der Waals surface area contributed by atoms with Crippen molar-refractivity contribution < 1.29 is 9.90 Å². The zero-order valence-electron chi connectivity index (χ0n) is 12.2. The van der Waals surface area contributed by atoms with Crippen LogP contribution < -0.4 is 0 Å². The average molecular weight is 306 g/mol. The zero-order valence-corrected chi connectivity index (χ0v) is 13.0. The monoisotopic (exact) mass is 305 g/mol. The van der Waals surface area contributed by atoms with E-state index in [0.29, 0.717) is 22.2 Å². The molecule has 0 heterocycles. The van der Waals surface area contributed by atoms with E-state index in [1.54, 1.807) is 18.2 Å². The number of carbonyl (C=O) groups excluding carboxylic acids is 1. The molecule has 3 nitrogen and oxygen atoms in total. The Labute approximate surface area is 130 Å². The summed E-state index contributed by atoms with van der Waals surface area (Å²) in [6.45, 7) is -0.207. The zero-order chi connectivity index (χ0) is 15.2. The van der Waals surface area contributed by atoms with Crippen molar-refractivity contribution in [2.24, 2.45) is 0 Å². The number of benzene rings is 1. The van der Waals surface area contributed by atoms with Crippen LogP contribution in [0, 0.1) is 11.8 Å². The molecular formula is C17H20ClNO2. The Kier molecular flexibility index (Phi) is 5.67. The maximum Gasteiger partial charge on any atom is 0.253 e. The molecule has 0 saturated heterocycles. The Morgan fingerprint density at radius 2 is 2.10 bits per heavy atom. The number of hydrogen-bond donors (Lipinski definition) is 1. The van der Waals surface area contributed by atoms with Gasteiger partial charge >= 0.3 is 0 Å². The van der Waals surface area contributed by atoms with Crippen LogP contribution in [0.1, 0.15) is 48.0 Å². The van der Waals surface area contributed by atoms with Crippen molar-refractivity contribution in [3.8, 4) is 11.8 Å². The molecule has 1 N–H and O–H groups in total. The van der Waals surface area contributed by atoms with Crippen molar-refractivity contribution >= 4 is 17.5 Å². The van der Waals surface area contributed by atoms with Crippen LogP contribution in [0.4, 0.5) is 0 Å². The van der Waals surface area contributed by atoms with Gasteiger partial charge < -0.3 is 10.0 Å². The SMILES string of the molecule is CN(C(=O)c1ccc(C#CCO)c(Cl)c1)C1CCCCC1. The summed E-state index contributed by atoms with van der Waals surface area (Å²) in [4.78, 5) is 14.3. The van der Waals surface area contributed by atoms with Crippen molar-refractivity contribution in [2.45, 2.75) is 38.1 Å². The van der Waals surface area contributed by atoms with Crippen LogP contribution in [0.3, 0.4) is 0 Å². The summed E-state index contributed by atoms with van der Waals surface area (Å²) in [5.41, 5.74) is 1.21. The van der Waals surface area contributed by atoms with Crippen molar-refractivity contribution in [1.29, 1.82) is 0 Å². The molecule has 2 rings (SSSR count). The number of halogens is 1. The normalized spacial score (nSPS) is 15.2. The number of hydrogen-bond acceptors (Lipinski definition) is 2. The summed E-state index contributed by atoms with van der Waals surface area (Å²) in [6.07, 6.45) is 5.81. The number of nitrogens with zero attached hydrogens (tertiary/aromatic N) is 1. The third-order valence-corrected chi connectivity index (χ3v) is 4.27. The van der Waals surface area contributed by atoms with E-state index in [-0.39, 0.29) is 12.5 Å². The lowest BCUT2D eigenvalue weighted by atomic mass is 9.94. The molecule has 1 amide bonds. The van der Waals surface area contributed by atoms with Crippen molar-refractivity contribution in [3.05, 3.63) is 34.3 Å². The molecule has 0 aliphatic heterocycles. The van der Waals surface area contributed by atoms with Gasteiger partial charge in [0.25, 0.3) is 5.91 Å². The molecule has 1 aromatic rings. The number of aliphatic hydroxyl groups excluding tert-OH is 1. The molecule has 0 atom stereocenters. The molecule has 0 bridgehead atoms. The van der Waals surface area contributed by atoms with Gasteiger partial charge in [0.1, 0.15) is 6.61 Å². The van der Waals surface area contributed by atoms with Crippen LogP contribution in [0.5, 0.6) is 0 Å². The predicted octanol–water partition coefficient (Wildman–Crippen LogP) is 3.09. The number of carbonyl (C=O) groups is 1. The molecule has 1 aromatic carbocycles. The smallest absolute Gasteiger partial charge is 0.253 e. The Hall–Kier alpha value is -1.50. The molecule has 0 unspecified atom stereocenters. The minimum Gasteiger partial charge on any atom is -0.384 e. The summed E-state index contributed by atoms with van der Waals surface area (Å²) < 4.78 is 0. The number of amides is 1.